The third kappa shape index (κ3) is 3.07. The topological polar surface area (TPSA) is 66.8 Å². The number of amidine groups is 1. The Kier molecular flexibility index (Phi) is 4.10. The summed E-state index contributed by atoms with van der Waals surface area (Å²) in [7, 11) is -3.08. The first-order valence-corrected chi connectivity index (χ1v) is 11.0. The van der Waals surface area contributed by atoms with Gasteiger partial charge in [0.25, 0.3) is 5.91 Å². The molecule has 2 saturated heterocycles. The van der Waals surface area contributed by atoms with E-state index in [0.717, 1.165) is 12.8 Å². The van der Waals surface area contributed by atoms with Crippen LogP contribution in [-0.2, 0) is 14.6 Å². The minimum Gasteiger partial charge on any atom is -0.316 e. The molecule has 0 radical (unpaired) electrons. The van der Waals surface area contributed by atoms with Crippen molar-refractivity contribution in [1.29, 1.82) is 0 Å². The maximum Gasteiger partial charge on any atom is 0.251 e. The highest BCUT2D eigenvalue weighted by Crippen LogP contribution is 2.42. The number of sulfone groups is 1. The van der Waals surface area contributed by atoms with Gasteiger partial charge in [0.2, 0.25) is 0 Å². The Bertz CT molecular complexity index is 852. The summed E-state index contributed by atoms with van der Waals surface area (Å²) in [6.07, 6.45) is 1.77. The molecule has 0 N–H and O–H groups in total. The summed E-state index contributed by atoms with van der Waals surface area (Å²) < 4.78 is 24.0. The van der Waals surface area contributed by atoms with Crippen molar-refractivity contribution in [1.82, 2.24) is 0 Å². The summed E-state index contributed by atoms with van der Waals surface area (Å²) in [5.41, 5.74) is 0.712. The van der Waals surface area contributed by atoms with Crippen molar-refractivity contribution >= 4 is 61.6 Å². The number of nitrogens with zero attached hydrogens (tertiary/aromatic N) is 2. The number of halogens is 2. The zero-order valence-corrected chi connectivity index (χ0v) is 15.6. The molecule has 2 heterocycles. The molecule has 1 aromatic rings. The first-order chi connectivity index (χ1) is 11.3. The van der Waals surface area contributed by atoms with Crippen LogP contribution in [0.5, 0.6) is 0 Å². The predicted octanol–water partition coefficient (Wildman–Crippen LogP) is 3.00. The molecular weight excluding hydrogens is 391 g/mol. The van der Waals surface area contributed by atoms with Crippen LogP contribution in [0.15, 0.2) is 23.2 Å². The zero-order chi connectivity index (χ0) is 17.1. The van der Waals surface area contributed by atoms with Gasteiger partial charge < -0.3 is 4.90 Å². The van der Waals surface area contributed by atoms with Gasteiger partial charge in [0.1, 0.15) is 0 Å². The predicted molar refractivity (Wildman–Crippen MR) is 97.9 cm³/mol. The van der Waals surface area contributed by atoms with E-state index in [2.05, 4.69) is 4.99 Å². The largest absolute Gasteiger partial charge is 0.316 e. The lowest BCUT2D eigenvalue weighted by atomic mass is 10.2. The van der Waals surface area contributed by atoms with Gasteiger partial charge >= 0.3 is 0 Å². The number of hydrogen-bond acceptors (Lipinski definition) is 4. The quantitative estimate of drug-likeness (QED) is 0.757. The van der Waals surface area contributed by atoms with Crippen LogP contribution >= 0.6 is 35.0 Å². The minimum absolute atomic E-state index is 0.0259. The number of hydrogen-bond donors (Lipinski definition) is 0. The maximum atomic E-state index is 12.1. The number of amides is 1. The van der Waals surface area contributed by atoms with Crippen molar-refractivity contribution in [2.75, 3.05) is 16.4 Å². The van der Waals surface area contributed by atoms with Crippen LogP contribution in [0.4, 0.5) is 5.69 Å². The Balaban J connectivity index is 1.74. The number of carbonyl (C=O) groups excluding carboxylic acids is 1. The van der Waals surface area contributed by atoms with Gasteiger partial charge in [-0.1, -0.05) is 35.0 Å². The van der Waals surface area contributed by atoms with Gasteiger partial charge in [-0.15, -0.1) is 0 Å². The van der Waals surface area contributed by atoms with E-state index in [9.17, 15) is 13.2 Å². The summed E-state index contributed by atoms with van der Waals surface area (Å²) in [6, 6.07) is 4.90. The fourth-order valence-electron chi connectivity index (χ4n) is 3.02. The summed E-state index contributed by atoms with van der Waals surface area (Å²) >= 11 is 13.5. The fraction of sp³-hybridized carbons (Fsp3) is 0.467. The van der Waals surface area contributed by atoms with E-state index in [-0.39, 0.29) is 34.6 Å². The van der Waals surface area contributed by atoms with Gasteiger partial charge in [0.15, 0.2) is 15.0 Å². The third-order valence-electron chi connectivity index (χ3n) is 4.38. The normalized spacial score (nSPS) is 29.9. The molecule has 0 spiro atoms. The van der Waals surface area contributed by atoms with Crippen LogP contribution in [0.3, 0.4) is 0 Å². The van der Waals surface area contributed by atoms with Gasteiger partial charge in [-0.3, -0.25) is 4.79 Å². The van der Waals surface area contributed by atoms with Crippen molar-refractivity contribution < 1.29 is 13.2 Å². The number of fused-ring (bicyclic) bond motifs is 1. The zero-order valence-electron chi connectivity index (χ0n) is 12.5. The van der Waals surface area contributed by atoms with E-state index in [1.54, 1.807) is 18.2 Å². The molecule has 2 atom stereocenters. The van der Waals surface area contributed by atoms with Crippen LogP contribution < -0.4 is 4.90 Å². The number of aliphatic imine (C=N–C) groups is 1. The third-order valence-corrected chi connectivity index (χ3v) is 8.33. The van der Waals surface area contributed by atoms with Gasteiger partial charge in [0, 0.05) is 16.9 Å². The molecule has 0 bridgehead atoms. The van der Waals surface area contributed by atoms with Crippen molar-refractivity contribution in [2.24, 2.45) is 10.9 Å². The molecule has 1 aliphatic carbocycles. The van der Waals surface area contributed by atoms with E-state index < -0.39 is 9.84 Å². The molecule has 128 valence electrons. The molecule has 3 aliphatic rings. The number of anilines is 1. The van der Waals surface area contributed by atoms with Crippen LogP contribution in [0.25, 0.3) is 0 Å². The molecule has 1 aromatic carbocycles. The molecule has 3 fully saturated rings. The Labute approximate surface area is 154 Å². The molecule has 0 aromatic heterocycles. The molecule has 2 aliphatic heterocycles. The molecule has 24 heavy (non-hydrogen) atoms. The molecule has 4 rings (SSSR count). The molecule has 0 unspecified atom stereocenters. The summed E-state index contributed by atoms with van der Waals surface area (Å²) in [5, 5.41) is 1.26. The average molecular weight is 405 g/mol. The Morgan fingerprint density at radius 2 is 1.96 bits per heavy atom. The second-order valence-corrected chi connectivity index (χ2v) is 10.5. The lowest BCUT2D eigenvalue weighted by Gasteiger charge is -2.24. The molecule has 5 nitrogen and oxygen atoms in total. The first kappa shape index (κ1) is 16.7. The maximum absolute atomic E-state index is 12.1. The summed E-state index contributed by atoms with van der Waals surface area (Å²) in [6.45, 7) is 0. The van der Waals surface area contributed by atoms with Crippen LogP contribution in [0, 0.1) is 5.92 Å². The monoisotopic (exact) mass is 404 g/mol. The Morgan fingerprint density at radius 1 is 1.21 bits per heavy atom. The second-order valence-electron chi connectivity index (χ2n) is 6.28. The second kappa shape index (κ2) is 5.90. The van der Waals surface area contributed by atoms with Crippen molar-refractivity contribution in [2.45, 2.75) is 24.1 Å². The first-order valence-electron chi connectivity index (χ1n) is 7.58. The van der Waals surface area contributed by atoms with E-state index in [0.29, 0.717) is 20.9 Å². The van der Waals surface area contributed by atoms with Crippen molar-refractivity contribution in [3.63, 3.8) is 0 Å². The average Bonchev–Trinajstić information content (AvgIpc) is 3.23. The van der Waals surface area contributed by atoms with Crippen LogP contribution in [-0.4, -0.2) is 42.3 Å². The van der Waals surface area contributed by atoms with Gasteiger partial charge in [-0.05, 0) is 31.0 Å². The van der Waals surface area contributed by atoms with E-state index in [4.69, 9.17) is 23.2 Å². The SMILES string of the molecule is O=C(N=C1S[C@H]2CS(=O)(=O)C[C@H]2N1c1ccc(Cl)c(Cl)c1)C1CC1. The fourth-order valence-corrected chi connectivity index (χ4v) is 7.23. The van der Waals surface area contributed by atoms with Crippen molar-refractivity contribution in [3.8, 4) is 0 Å². The van der Waals surface area contributed by atoms with Crippen LogP contribution in [0.1, 0.15) is 12.8 Å². The molecular formula is C15H14Cl2N2O3S2. The number of rotatable bonds is 2. The van der Waals surface area contributed by atoms with E-state index in [1.165, 1.54) is 11.8 Å². The molecule has 1 amide bonds. The molecule has 1 saturated carbocycles. The van der Waals surface area contributed by atoms with Crippen molar-refractivity contribution in [3.05, 3.63) is 28.2 Å². The highest BCUT2D eigenvalue weighted by Gasteiger charge is 2.49. The number of benzene rings is 1. The van der Waals surface area contributed by atoms with Crippen LogP contribution in [0.2, 0.25) is 10.0 Å². The Morgan fingerprint density at radius 3 is 2.62 bits per heavy atom. The summed E-state index contributed by atoms with van der Waals surface area (Å²) in [5.74, 6) is 0.0709. The molecule has 9 heteroatoms. The Hall–Kier alpha value is -0.760. The lowest BCUT2D eigenvalue weighted by molar-refractivity contribution is -0.118. The lowest BCUT2D eigenvalue weighted by Crippen LogP contribution is -2.37. The van der Waals surface area contributed by atoms with E-state index >= 15 is 0 Å². The van der Waals surface area contributed by atoms with Gasteiger partial charge in [-0.2, -0.15) is 4.99 Å². The standard InChI is InChI=1S/C15H14Cl2N2O3S2/c16-10-4-3-9(5-11(10)17)19-12-6-24(21,22)7-13(12)23-15(19)18-14(20)8-1-2-8/h3-5,8,12-13H,1-2,6-7H2/t12-,13+/m1/s1. The summed E-state index contributed by atoms with van der Waals surface area (Å²) in [4.78, 5) is 18.2. The van der Waals surface area contributed by atoms with Gasteiger partial charge in [-0.25, -0.2) is 8.42 Å². The highest BCUT2D eigenvalue weighted by atomic mass is 35.5. The number of carbonyl (C=O) groups is 1. The minimum atomic E-state index is -3.08. The van der Waals surface area contributed by atoms with Gasteiger partial charge in [0.05, 0.1) is 27.6 Å². The van der Waals surface area contributed by atoms with E-state index in [1.807, 2.05) is 4.90 Å². The highest BCUT2D eigenvalue weighted by molar-refractivity contribution is 8.16. The smallest absolute Gasteiger partial charge is 0.251 e. The number of thioether (sulfide) groups is 1.